The third kappa shape index (κ3) is 7.71. The summed E-state index contributed by atoms with van der Waals surface area (Å²) in [6, 6.07) is 1.77. The molecule has 10 heteroatoms. The molecule has 0 atom stereocenters. The molecule has 1 fully saturated rings. The van der Waals surface area contributed by atoms with Crippen LogP contribution in [-0.4, -0.2) is 58.4 Å². The number of carbonyl (C=O) groups excluding carboxylic acids is 3. The number of rotatable bonds is 11. The van der Waals surface area contributed by atoms with E-state index in [1.165, 1.54) is 6.20 Å². The van der Waals surface area contributed by atoms with E-state index in [4.69, 9.17) is 10.4 Å². The highest BCUT2D eigenvalue weighted by atomic mass is 32.2. The van der Waals surface area contributed by atoms with Crippen LogP contribution in [0.5, 0.6) is 0 Å². The van der Waals surface area contributed by atoms with Gasteiger partial charge in [0.25, 0.3) is 11.1 Å². The fourth-order valence-corrected chi connectivity index (χ4v) is 2.72. The minimum absolute atomic E-state index is 0.0990. The van der Waals surface area contributed by atoms with E-state index in [9.17, 15) is 19.2 Å². The highest BCUT2D eigenvalue weighted by Crippen LogP contribution is 2.17. The molecule has 0 aliphatic carbocycles. The standard InChI is InChI=1S/C15H20N4O5S/c16-8-11(14(23)18-5-3-1-2-4-13(21)22)9-17-6-7-19-12(20)10-25-15(19)24/h9,17H,1-7,10H2,(H,18,23)(H,21,22)/b11-9-. The monoisotopic (exact) mass is 368 g/mol. The Morgan fingerprint density at radius 3 is 2.64 bits per heavy atom. The van der Waals surface area contributed by atoms with E-state index < -0.39 is 11.9 Å². The molecule has 0 radical (unpaired) electrons. The Morgan fingerprint density at radius 2 is 2.04 bits per heavy atom. The SMILES string of the molecule is N#C/C(=C/NCCN1C(=O)CSC1=O)C(=O)NCCCCCC(=O)O. The lowest BCUT2D eigenvalue weighted by atomic mass is 10.2. The van der Waals surface area contributed by atoms with Crippen LogP contribution < -0.4 is 10.6 Å². The van der Waals surface area contributed by atoms with Gasteiger partial charge in [-0.3, -0.25) is 24.1 Å². The minimum Gasteiger partial charge on any atom is -0.481 e. The smallest absolute Gasteiger partial charge is 0.303 e. The third-order valence-corrected chi connectivity index (χ3v) is 4.14. The Labute approximate surface area is 149 Å². The van der Waals surface area contributed by atoms with Crippen molar-refractivity contribution in [3.8, 4) is 6.07 Å². The molecule has 3 amide bonds. The zero-order chi connectivity index (χ0) is 18.7. The lowest BCUT2D eigenvalue weighted by molar-refractivity contribution is -0.137. The molecule has 0 bridgehead atoms. The number of nitrogens with zero attached hydrogens (tertiary/aromatic N) is 2. The number of carbonyl (C=O) groups is 4. The molecular formula is C15H20N4O5S. The van der Waals surface area contributed by atoms with Gasteiger partial charge in [-0.1, -0.05) is 18.2 Å². The molecule has 1 heterocycles. The summed E-state index contributed by atoms with van der Waals surface area (Å²) in [5, 5.41) is 22.5. The van der Waals surface area contributed by atoms with Crippen LogP contribution in [-0.2, 0) is 14.4 Å². The molecule has 1 aliphatic heterocycles. The minimum atomic E-state index is -0.847. The lowest BCUT2D eigenvalue weighted by Crippen LogP contribution is -2.34. The van der Waals surface area contributed by atoms with Crippen molar-refractivity contribution >= 4 is 34.8 Å². The van der Waals surface area contributed by atoms with Gasteiger partial charge in [-0.15, -0.1) is 0 Å². The Bertz CT molecular complexity index is 583. The van der Waals surface area contributed by atoms with Crippen molar-refractivity contribution in [2.75, 3.05) is 25.4 Å². The summed E-state index contributed by atoms with van der Waals surface area (Å²) in [5.74, 6) is -1.48. The first-order chi connectivity index (χ1) is 12.0. The molecule has 0 saturated carbocycles. The lowest BCUT2D eigenvalue weighted by Gasteiger charge is -2.12. The van der Waals surface area contributed by atoms with Crippen LogP contribution in [0.1, 0.15) is 25.7 Å². The summed E-state index contributed by atoms with van der Waals surface area (Å²) in [6.07, 6.45) is 3.19. The van der Waals surface area contributed by atoms with Crippen molar-refractivity contribution in [3.63, 3.8) is 0 Å². The highest BCUT2D eigenvalue weighted by Gasteiger charge is 2.28. The summed E-state index contributed by atoms with van der Waals surface area (Å²) in [5.41, 5.74) is -0.112. The number of carboxylic acid groups (broad SMARTS) is 1. The molecule has 0 aromatic rings. The summed E-state index contributed by atoms with van der Waals surface area (Å²) >= 11 is 0.949. The number of hydrogen-bond acceptors (Lipinski definition) is 7. The van der Waals surface area contributed by atoms with Gasteiger partial charge in [-0.25, -0.2) is 0 Å². The largest absolute Gasteiger partial charge is 0.481 e. The molecule has 0 aromatic carbocycles. The second-order valence-electron chi connectivity index (χ2n) is 5.18. The molecule has 136 valence electrons. The molecule has 1 rings (SSSR count). The number of nitriles is 1. The predicted octanol–water partition coefficient (Wildman–Crippen LogP) is 0.440. The quantitative estimate of drug-likeness (QED) is 0.271. The van der Waals surface area contributed by atoms with Crippen LogP contribution in [0.25, 0.3) is 0 Å². The van der Waals surface area contributed by atoms with E-state index >= 15 is 0 Å². The van der Waals surface area contributed by atoms with Crippen LogP contribution in [0.3, 0.4) is 0 Å². The number of thioether (sulfide) groups is 1. The van der Waals surface area contributed by atoms with Crippen molar-refractivity contribution in [1.82, 2.24) is 15.5 Å². The van der Waals surface area contributed by atoms with Crippen molar-refractivity contribution in [1.29, 1.82) is 5.26 Å². The van der Waals surface area contributed by atoms with E-state index in [-0.39, 0.29) is 42.0 Å². The van der Waals surface area contributed by atoms with Crippen molar-refractivity contribution in [2.24, 2.45) is 0 Å². The molecule has 9 nitrogen and oxygen atoms in total. The molecule has 0 aromatic heterocycles. The first-order valence-electron chi connectivity index (χ1n) is 7.76. The molecular weight excluding hydrogens is 348 g/mol. The second-order valence-corrected chi connectivity index (χ2v) is 6.11. The summed E-state index contributed by atoms with van der Waals surface area (Å²) < 4.78 is 0. The summed E-state index contributed by atoms with van der Waals surface area (Å²) in [6.45, 7) is 0.766. The van der Waals surface area contributed by atoms with Crippen LogP contribution in [0.2, 0.25) is 0 Å². The van der Waals surface area contributed by atoms with E-state index in [0.29, 0.717) is 25.8 Å². The first-order valence-corrected chi connectivity index (χ1v) is 8.75. The number of imide groups is 1. The molecule has 0 spiro atoms. The maximum atomic E-state index is 11.8. The van der Waals surface area contributed by atoms with Gasteiger partial charge in [0, 0.05) is 32.3 Å². The first kappa shape index (κ1) is 20.5. The zero-order valence-corrected chi connectivity index (χ0v) is 14.4. The predicted molar refractivity (Wildman–Crippen MR) is 90.4 cm³/mol. The second kappa shape index (κ2) is 11.1. The Hall–Kier alpha value is -2.54. The van der Waals surface area contributed by atoms with Gasteiger partial charge in [0.1, 0.15) is 11.6 Å². The topological polar surface area (TPSA) is 140 Å². The summed E-state index contributed by atoms with van der Waals surface area (Å²) in [7, 11) is 0. The van der Waals surface area contributed by atoms with Gasteiger partial charge in [0.2, 0.25) is 5.91 Å². The molecule has 0 unspecified atom stereocenters. The van der Waals surface area contributed by atoms with Gasteiger partial charge >= 0.3 is 5.97 Å². The van der Waals surface area contributed by atoms with Crippen LogP contribution >= 0.6 is 11.8 Å². The molecule has 3 N–H and O–H groups in total. The third-order valence-electron chi connectivity index (χ3n) is 3.28. The normalized spacial score (nSPS) is 14.4. The Morgan fingerprint density at radius 1 is 1.28 bits per heavy atom. The van der Waals surface area contributed by atoms with Gasteiger partial charge in [0.05, 0.1) is 5.75 Å². The molecule has 25 heavy (non-hydrogen) atoms. The van der Waals surface area contributed by atoms with E-state index in [2.05, 4.69) is 10.6 Å². The maximum absolute atomic E-state index is 11.8. The number of aliphatic carboxylic acids is 1. The fraction of sp³-hybridized carbons (Fsp3) is 0.533. The van der Waals surface area contributed by atoms with E-state index in [1.54, 1.807) is 6.07 Å². The van der Waals surface area contributed by atoms with Crippen LogP contribution in [0, 0.1) is 11.3 Å². The zero-order valence-electron chi connectivity index (χ0n) is 13.6. The Balaban J connectivity index is 2.24. The average molecular weight is 368 g/mol. The maximum Gasteiger partial charge on any atom is 0.303 e. The van der Waals surface area contributed by atoms with Crippen molar-refractivity contribution in [2.45, 2.75) is 25.7 Å². The number of amides is 3. The Kier molecular flexibility index (Phi) is 9.10. The van der Waals surface area contributed by atoms with E-state index in [0.717, 1.165) is 16.7 Å². The molecule has 1 saturated heterocycles. The van der Waals surface area contributed by atoms with Crippen LogP contribution in [0.15, 0.2) is 11.8 Å². The molecule has 1 aliphatic rings. The van der Waals surface area contributed by atoms with Crippen LogP contribution in [0.4, 0.5) is 4.79 Å². The van der Waals surface area contributed by atoms with Gasteiger partial charge in [-0.2, -0.15) is 5.26 Å². The number of carboxylic acids is 1. The fourth-order valence-electron chi connectivity index (χ4n) is 1.97. The van der Waals surface area contributed by atoms with E-state index in [1.807, 2.05) is 0 Å². The van der Waals surface area contributed by atoms with Gasteiger partial charge < -0.3 is 15.7 Å². The number of nitrogens with one attached hydrogen (secondary N) is 2. The van der Waals surface area contributed by atoms with Gasteiger partial charge in [0.15, 0.2) is 0 Å². The average Bonchev–Trinajstić information content (AvgIpc) is 2.89. The highest BCUT2D eigenvalue weighted by molar-refractivity contribution is 8.14. The number of hydrogen-bond donors (Lipinski definition) is 3. The summed E-state index contributed by atoms with van der Waals surface area (Å²) in [4.78, 5) is 46.1. The van der Waals surface area contributed by atoms with Crippen molar-refractivity contribution in [3.05, 3.63) is 11.8 Å². The number of unbranched alkanes of at least 4 members (excludes halogenated alkanes) is 2. The van der Waals surface area contributed by atoms with Crippen molar-refractivity contribution < 1.29 is 24.3 Å². The van der Waals surface area contributed by atoms with Gasteiger partial charge in [-0.05, 0) is 12.8 Å².